The van der Waals surface area contributed by atoms with Gasteiger partial charge >= 0.3 is 0 Å². The van der Waals surface area contributed by atoms with Crippen LogP contribution in [0.1, 0.15) is 50.7 Å². The molecule has 2 atom stereocenters. The molecule has 1 amide bonds. The summed E-state index contributed by atoms with van der Waals surface area (Å²) >= 11 is 0. The second-order valence-electron chi connectivity index (χ2n) is 6.48. The van der Waals surface area contributed by atoms with E-state index in [9.17, 15) is 9.90 Å². The van der Waals surface area contributed by atoms with Gasteiger partial charge in [0.2, 0.25) is 5.91 Å². The first-order chi connectivity index (χ1) is 11.6. The molecule has 0 aromatic heterocycles. The summed E-state index contributed by atoms with van der Waals surface area (Å²) < 4.78 is 10.5. The molecule has 2 rings (SSSR count). The summed E-state index contributed by atoms with van der Waals surface area (Å²) in [5.74, 6) is 1.91. The van der Waals surface area contributed by atoms with E-state index in [2.05, 4.69) is 6.92 Å². The maximum atomic E-state index is 12.2. The number of benzene rings is 1. The number of aliphatic hydroxyl groups is 1. The van der Waals surface area contributed by atoms with Crippen LogP contribution < -0.4 is 9.47 Å². The monoisotopic (exact) mass is 335 g/mol. The maximum Gasteiger partial charge on any atom is 0.222 e. The Balaban J connectivity index is 2.02. The van der Waals surface area contributed by atoms with Crippen molar-refractivity contribution in [2.75, 3.05) is 27.3 Å². The highest BCUT2D eigenvalue weighted by Gasteiger charge is 2.27. The van der Waals surface area contributed by atoms with E-state index < -0.39 is 6.10 Å². The number of piperidine rings is 1. The number of aliphatic hydroxyl groups excluding tert-OH is 1. The predicted molar refractivity (Wildman–Crippen MR) is 93.3 cm³/mol. The van der Waals surface area contributed by atoms with E-state index >= 15 is 0 Å². The van der Waals surface area contributed by atoms with E-state index in [1.54, 1.807) is 26.4 Å². The van der Waals surface area contributed by atoms with Crippen LogP contribution in [-0.2, 0) is 4.79 Å². The number of β-amino-alcohol motifs (C(OH)–C–C–N with tert-alkyl or cyclic N) is 1. The van der Waals surface area contributed by atoms with Crippen molar-refractivity contribution in [1.29, 1.82) is 0 Å². The highest BCUT2D eigenvalue weighted by atomic mass is 16.5. The van der Waals surface area contributed by atoms with Gasteiger partial charge in [0.1, 0.15) is 0 Å². The number of carbonyl (C=O) groups is 1. The van der Waals surface area contributed by atoms with E-state index in [1.165, 1.54) is 12.8 Å². The highest BCUT2D eigenvalue weighted by molar-refractivity contribution is 5.77. The van der Waals surface area contributed by atoms with Crippen LogP contribution in [0.25, 0.3) is 0 Å². The van der Waals surface area contributed by atoms with Gasteiger partial charge in [-0.15, -0.1) is 0 Å². The van der Waals surface area contributed by atoms with Crippen molar-refractivity contribution in [2.45, 2.75) is 45.1 Å². The molecule has 1 heterocycles. The molecule has 134 valence electrons. The molecule has 2 unspecified atom stereocenters. The lowest BCUT2D eigenvalue weighted by molar-refractivity contribution is -0.136. The first-order valence-electron chi connectivity index (χ1n) is 8.76. The largest absolute Gasteiger partial charge is 0.493 e. The fourth-order valence-electron chi connectivity index (χ4n) is 3.27. The number of rotatable bonds is 8. The normalized spacial score (nSPS) is 19.2. The summed E-state index contributed by atoms with van der Waals surface area (Å²) in [4.78, 5) is 14.0. The number of likely N-dealkylation sites (tertiary alicyclic amines) is 1. The molecule has 1 fully saturated rings. The number of carbonyl (C=O) groups excluding carboxylic acids is 1. The molecule has 24 heavy (non-hydrogen) atoms. The number of ether oxygens (including phenoxy) is 2. The summed E-state index contributed by atoms with van der Waals surface area (Å²) in [5, 5.41) is 10.5. The molecular weight excluding hydrogens is 306 g/mol. The minimum absolute atomic E-state index is 0.141. The zero-order valence-corrected chi connectivity index (χ0v) is 15.0. The number of hydrogen-bond acceptors (Lipinski definition) is 4. The molecule has 1 aliphatic heterocycles. The van der Waals surface area contributed by atoms with E-state index in [1.807, 2.05) is 11.0 Å². The van der Waals surface area contributed by atoms with Gasteiger partial charge in [-0.25, -0.2) is 0 Å². The molecule has 1 aromatic carbocycles. The molecule has 5 heteroatoms. The van der Waals surface area contributed by atoms with Crippen molar-refractivity contribution < 1.29 is 19.4 Å². The van der Waals surface area contributed by atoms with Gasteiger partial charge in [-0.1, -0.05) is 25.8 Å². The summed E-state index contributed by atoms with van der Waals surface area (Å²) in [5.41, 5.74) is 0.733. The van der Waals surface area contributed by atoms with E-state index in [0.29, 0.717) is 30.4 Å². The molecule has 1 saturated heterocycles. The van der Waals surface area contributed by atoms with Crippen molar-refractivity contribution in [3.05, 3.63) is 23.8 Å². The fourth-order valence-corrected chi connectivity index (χ4v) is 3.27. The first kappa shape index (κ1) is 18.6. The van der Waals surface area contributed by atoms with Crippen LogP contribution in [-0.4, -0.2) is 43.2 Å². The third-order valence-corrected chi connectivity index (χ3v) is 4.75. The van der Waals surface area contributed by atoms with Gasteiger partial charge in [-0.3, -0.25) is 4.79 Å². The minimum Gasteiger partial charge on any atom is -0.493 e. The van der Waals surface area contributed by atoms with Crippen molar-refractivity contribution in [2.24, 2.45) is 5.92 Å². The minimum atomic E-state index is -0.723. The van der Waals surface area contributed by atoms with Crippen molar-refractivity contribution >= 4 is 5.91 Å². The third kappa shape index (κ3) is 4.63. The Kier molecular flexibility index (Phi) is 6.91. The molecule has 1 aromatic rings. The lowest BCUT2D eigenvalue weighted by Gasteiger charge is -2.34. The standard InChI is InChI=1S/C19H29NO4/c1-4-5-6-14-7-10-19(22)20(12-14)13-16(21)15-8-9-17(23-2)18(11-15)24-3/h8-9,11,14,16,21H,4-7,10,12-13H2,1-3H3. The van der Waals surface area contributed by atoms with Gasteiger partial charge in [0.15, 0.2) is 11.5 Å². The summed E-state index contributed by atoms with van der Waals surface area (Å²) in [6.45, 7) is 3.27. The zero-order valence-electron chi connectivity index (χ0n) is 15.0. The Bertz CT molecular complexity index is 546. The van der Waals surface area contributed by atoms with Gasteiger partial charge in [0, 0.05) is 13.0 Å². The van der Waals surface area contributed by atoms with Gasteiger partial charge in [-0.2, -0.15) is 0 Å². The average molecular weight is 335 g/mol. The molecule has 0 saturated carbocycles. The fraction of sp³-hybridized carbons (Fsp3) is 0.632. The summed E-state index contributed by atoms with van der Waals surface area (Å²) in [6.07, 6.45) is 4.38. The SMILES string of the molecule is CCCCC1CCC(=O)N(CC(O)c2ccc(OC)c(OC)c2)C1. The Morgan fingerprint density at radius 2 is 2.04 bits per heavy atom. The second-order valence-corrected chi connectivity index (χ2v) is 6.48. The highest BCUT2D eigenvalue weighted by Crippen LogP contribution is 2.31. The van der Waals surface area contributed by atoms with E-state index in [-0.39, 0.29) is 5.91 Å². The van der Waals surface area contributed by atoms with Crippen LogP contribution in [0.15, 0.2) is 18.2 Å². The number of nitrogens with zero attached hydrogens (tertiary/aromatic N) is 1. The van der Waals surface area contributed by atoms with Crippen LogP contribution in [0.3, 0.4) is 0 Å². The van der Waals surface area contributed by atoms with Crippen molar-refractivity contribution in [1.82, 2.24) is 4.90 Å². The van der Waals surface area contributed by atoms with E-state index in [0.717, 1.165) is 24.9 Å². The number of amides is 1. The number of unbranched alkanes of at least 4 members (excludes halogenated alkanes) is 1. The van der Waals surface area contributed by atoms with Crippen LogP contribution >= 0.6 is 0 Å². The Morgan fingerprint density at radius 3 is 2.71 bits per heavy atom. The van der Waals surface area contributed by atoms with Crippen LogP contribution in [0.4, 0.5) is 0 Å². The quantitative estimate of drug-likeness (QED) is 0.793. The van der Waals surface area contributed by atoms with Gasteiger partial charge in [-0.05, 0) is 36.5 Å². The average Bonchev–Trinajstić information content (AvgIpc) is 2.61. The lowest BCUT2D eigenvalue weighted by Crippen LogP contribution is -2.42. The molecule has 1 aliphatic rings. The van der Waals surface area contributed by atoms with Crippen LogP contribution in [0.2, 0.25) is 0 Å². The van der Waals surface area contributed by atoms with E-state index in [4.69, 9.17) is 9.47 Å². The smallest absolute Gasteiger partial charge is 0.222 e. The van der Waals surface area contributed by atoms with Crippen LogP contribution in [0, 0.1) is 5.92 Å². The maximum absolute atomic E-state index is 12.2. The Hall–Kier alpha value is -1.75. The summed E-state index contributed by atoms with van der Waals surface area (Å²) in [6, 6.07) is 5.36. The molecule has 0 spiro atoms. The van der Waals surface area contributed by atoms with Gasteiger partial charge in [0.05, 0.1) is 26.9 Å². The number of methoxy groups -OCH3 is 2. The molecule has 5 nitrogen and oxygen atoms in total. The first-order valence-corrected chi connectivity index (χ1v) is 8.76. The van der Waals surface area contributed by atoms with Gasteiger partial charge < -0.3 is 19.5 Å². The lowest BCUT2D eigenvalue weighted by atomic mass is 9.92. The molecule has 0 aliphatic carbocycles. The van der Waals surface area contributed by atoms with Crippen LogP contribution in [0.5, 0.6) is 11.5 Å². The topological polar surface area (TPSA) is 59.0 Å². The number of hydrogen-bond donors (Lipinski definition) is 1. The Morgan fingerprint density at radius 1 is 1.29 bits per heavy atom. The van der Waals surface area contributed by atoms with Crippen molar-refractivity contribution in [3.8, 4) is 11.5 Å². The molecule has 1 N–H and O–H groups in total. The Labute approximate surface area is 144 Å². The zero-order chi connectivity index (χ0) is 17.5. The molecular formula is C19H29NO4. The molecule has 0 radical (unpaired) electrons. The second kappa shape index (κ2) is 8.92. The molecule has 0 bridgehead atoms. The van der Waals surface area contributed by atoms with Gasteiger partial charge in [0.25, 0.3) is 0 Å². The predicted octanol–water partition coefficient (Wildman–Crippen LogP) is 3.17. The van der Waals surface area contributed by atoms with Crippen molar-refractivity contribution in [3.63, 3.8) is 0 Å². The third-order valence-electron chi connectivity index (χ3n) is 4.75. The summed E-state index contributed by atoms with van der Waals surface area (Å²) in [7, 11) is 3.15.